The number of carbonyl (C=O) groups excluding carboxylic acids is 1. The van der Waals surface area contributed by atoms with E-state index in [2.05, 4.69) is 5.32 Å². The summed E-state index contributed by atoms with van der Waals surface area (Å²) in [6.07, 6.45) is 0.390. The molecule has 0 fully saturated rings. The van der Waals surface area contributed by atoms with Gasteiger partial charge in [0.05, 0.1) is 6.61 Å². The van der Waals surface area contributed by atoms with Crippen molar-refractivity contribution in [2.24, 2.45) is 0 Å². The van der Waals surface area contributed by atoms with Crippen molar-refractivity contribution in [3.63, 3.8) is 0 Å². The van der Waals surface area contributed by atoms with Crippen LogP contribution in [-0.4, -0.2) is 18.2 Å². The molecule has 0 radical (unpaired) electrons. The Hall–Kier alpha value is -1.51. The van der Waals surface area contributed by atoms with E-state index < -0.39 is 0 Å². The molecule has 1 aromatic rings. The van der Waals surface area contributed by atoms with Gasteiger partial charge in [-0.2, -0.15) is 0 Å². The molecule has 88 valence electrons. The Bertz CT molecular complexity index is 328. The molecule has 1 N–H and O–H groups in total. The minimum atomic E-state index is -0.358. The Morgan fingerprint density at radius 3 is 2.44 bits per heavy atom. The predicted molar refractivity (Wildman–Crippen MR) is 64.4 cm³/mol. The van der Waals surface area contributed by atoms with Gasteiger partial charge < -0.3 is 10.1 Å². The summed E-state index contributed by atoms with van der Waals surface area (Å²) in [5.41, 5.74) is 0.926. The van der Waals surface area contributed by atoms with Crippen molar-refractivity contribution in [2.75, 3.05) is 6.61 Å². The first-order valence-corrected chi connectivity index (χ1v) is 5.46. The highest BCUT2D eigenvalue weighted by Crippen LogP contribution is 2.01. The monoisotopic (exact) mass is 221 g/mol. The van der Waals surface area contributed by atoms with Crippen LogP contribution in [-0.2, 0) is 11.2 Å². The molecule has 1 aromatic carbocycles. The molecular formula is C13H19NO2. The van der Waals surface area contributed by atoms with Gasteiger partial charge in [0.2, 0.25) is 0 Å². The maximum atomic E-state index is 11.3. The van der Waals surface area contributed by atoms with Crippen LogP contribution in [0, 0.1) is 0 Å². The summed E-state index contributed by atoms with van der Waals surface area (Å²) in [5.74, 6) is 0. The van der Waals surface area contributed by atoms with Gasteiger partial charge in [0.15, 0.2) is 0 Å². The summed E-state index contributed by atoms with van der Waals surface area (Å²) in [4.78, 5) is 11.3. The van der Waals surface area contributed by atoms with Crippen molar-refractivity contribution in [3.05, 3.63) is 35.9 Å². The van der Waals surface area contributed by atoms with E-state index in [-0.39, 0.29) is 11.6 Å². The Morgan fingerprint density at radius 2 is 1.88 bits per heavy atom. The normalized spacial score (nSPS) is 10.9. The topological polar surface area (TPSA) is 38.3 Å². The first kappa shape index (κ1) is 12.6. The molecule has 0 spiro atoms. The Morgan fingerprint density at radius 1 is 1.25 bits per heavy atom. The summed E-state index contributed by atoms with van der Waals surface area (Å²) < 4.78 is 5.07. The molecule has 0 aromatic heterocycles. The van der Waals surface area contributed by atoms with Gasteiger partial charge in [-0.1, -0.05) is 30.3 Å². The number of amides is 1. The molecule has 16 heavy (non-hydrogen) atoms. The molecule has 0 aliphatic heterocycles. The second kappa shape index (κ2) is 5.54. The molecule has 3 nitrogen and oxygen atoms in total. The van der Waals surface area contributed by atoms with Crippen LogP contribution in [0.2, 0.25) is 0 Å². The third-order valence-electron chi connectivity index (χ3n) is 1.94. The van der Waals surface area contributed by atoms with Crippen LogP contribution in [0.5, 0.6) is 0 Å². The molecular weight excluding hydrogens is 202 g/mol. The third kappa shape index (κ3) is 5.39. The van der Waals surface area contributed by atoms with Crippen molar-refractivity contribution in [2.45, 2.75) is 32.7 Å². The van der Waals surface area contributed by atoms with E-state index in [1.165, 1.54) is 5.56 Å². The molecule has 0 saturated carbocycles. The number of hydrogen-bond donors (Lipinski definition) is 1. The fourth-order valence-electron chi connectivity index (χ4n) is 1.25. The highest BCUT2D eigenvalue weighted by Gasteiger charge is 2.14. The minimum Gasteiger partial charge on any atom is -0.449 e. The van der Waals surface area contributed by atoms with Crippen LogP contribution < -0.4 is 5.32 Å². The minimum absolute atomic E-state index is 0.246. The summed E-state index contributed by atoms with van der Waals surface area (Å²) in [6, 6.07) is 9.96. The van der Waals surface area contributed by atoms with Crippen LogP contribution in [0.4, 0.5) is 4.79 Å². The van der Waals surface area contributed by atoms with Gasteiger partial charge in [-0.05, 0) is 26.3 Å². The van der Waals surface area contributed by atoms with Crippen LogP contribution in [0.15, 0.2) is 30.3 Å². The Balaban J connectivity index is 2.24. The lowest BCUT2D eigenvalue weighted by atomic mass is 10.1. The maximum absolute atomic E-state index is 11.3. The zero-order valence-corrected chi connectivity index (χ0v) is 10.1. The smallest absolute Gasteiger partial charge is 0.407 e. The SMILES string of the molecule is CC(C)(C)NC(=O)OCCc1ccccc1. The summed E-state index contributed by atoms with van der Waals surface area (Å²) >= 11 is 0. The van der Waals surface area contributed by atoms with Crippen LogP contribution >= 0.6 is 0 Å². The predicted octanol–water partition coefficient (Wildman–Crippen LogP) is 2.75. The van der Waals surface area contributed by atoms with Crippen LogP contribution in [0.3, 0.4) is 0 Å². The first-order valence-electron chi connectivity index (χ1n) is 5.46. The molecule has 1 amide bonds. The van der Waals surface area contributed by atoms with Crippen molar-refractivity contribution in [1.29, 1.82) is 0 Å². The second-order valence-corrected chi connectivity index (χ2v) is 4.75. The van der Waals surface area contributed by atoms with E-state index in [1.807, 2.05) is 51.1 Å². The standard InChI is InChI=1S/C13H19NO2/c1-13(2,3)14-12(15)16-10-9-11-7-5-4-6-8-11/h4-8H,9-10H2,1-3H3,(H,14,15). The summed E-state index contributed by atoms with van der Waals surface area (Å²) in [7, 11) is 0. The van der Waals surface area contributed by atoms with E-state index in [0.717, 1.165) is 6.42 Å². The highest BCUT2D eigenvalue weighted by molar-refractivity contribution is 5.68. The van der Waals surface area contributed by atoms with Crippen molar-refractivity contribution >= 4 is 6.09 Å². The van der Waals surface area contributed by atoms with E-state index in [0.29, 0.717) is 6.61 Å². The molecule has 0 unspecified atom stereocenters. The molecule has 0 heterocycles. The van der Waals surface area contributed by atoms with Gasteiger partial charge in [-0.15, -0.1) is 0 Å². The number of rotatable bonds is 3. The average molecular weight is 221 g/mol. The highest BCUT2D eigenvalue weighted by atomic mass is 16.5. The molecule has 0 aliphatic carbocycles. The van der Waals surface area contributed by atoms with Crippen LogP contribution in [0.1, 0.15) is 26.3 Å². The van der Waals surface area contributed by atoms with Crippen molar-refractivity contribution < 1.29 is 9.53 Å². The molecule has 1 rings (SSSR count). The number of carbonyl (C=O) groups is 1. The second-order valence-electron chi connectivity index (χ2n) is 4.75. The number of ether oxygens (including phenoxy) is 1. The summed E-state index contributed by atoms with van der Waals surface area (Å²) in [6.45, 7) is 6.17. The zero-order valence-electron chi connectivity index (χ0n) is 10.1. The van der Waals surface area contributed by atoms with Gasteiger partial charge in [0, 0.05) is 12.0 Å². The maximum Gasteiger partial charge on any atom is 0.407 e. The number of alkyl carbamates (subject to hydrolysis) is 1. The molecule has 0 bridgehead atoms. The quantitative estimate of drug-likeness (QED) is 0.852. The van der Waals surface area contributed by atoms with Crippen molar-refractivity contribution in [3.8, 4) is 0 Å². The van der Waals surface area contributed by atoms with Gasteiger partial charge in [-0.25, -0.2) is 4.79 Å². The third-order valence-corrected chi connectivity index (χ3v) is 1.94. The lowest BCUT2D eigenvalue weighted by molar-refractivity contribution is 0.139. The van der Waals surface area contributed by atoms with Gasteiger partial charge in [0.25, 0.3) is 0 Å². The molecule has 3 heteroatoms. The lowest BCUT2D eigenvalue weighted by Gasteiger charge is -2.19. The fraction of sp³-hybridized carbons (Fsp3) is 0.462. The first-order chi connectivity index (χ1) is 7.47. The van der Waals surface area contributed by atoms with E-state index in [9.17, 15) is 4.79 Å². The van der Waals surface area contributed by atoms with E-state index in [4.69, 9.17) is 4.74 Å². The summed E-state index contributed by atoms with van der Waals surface area (Å²) in [5, 5.41) is 2.74. The average Bonchev–Trinajstić information content (AvgIpc) is 2.16. The van der Waals surface area contributed by atoms with E-state index >= 15 is 0 Å². The molecule has 0 aliphatic rings. The van der Waals surface area contributed by atoms with Crippen molar-refractivity contribution in [1.82, 2.24) is 5.32 Å². The fourth-order valence-corrected chi connectivity index (χ4v) is 1.25. The van der Waals surface area contributed by atoms with E-state index in [1.54, 1.807) is 0 Å². The Kier molecular flexibility index (Phi) is 4.35. The van der Waals surface area contributed by atoms with Gasteiger partial charge in [-0.3, -0.25) is 0 Å². The Labute approximate surface area is 96.8 Å². The molecule has 0 atom stereocenters. The van der Waals surface area contributed by atoms with Gasteiger partial charge in [0.1, 0.15) is 0 Å². The number of nitrogens with one attached hydrogen (secondary N) is 1. The number of benzene rings is 1. The lowest BCUT2D eigenvalue weighted by Crippen LogP contribution is -2.41. The zero-order chi connectivity index (χ0) is 12.0. The largest absolute Gasteiger partial charge is 0.449 e. The van der Waals surface area contributed by atoms with Crippen LogP contribution in [0.25, 0.3) is 0 Å². The number of hydrogen-bond acceptors (Lipinski definition) is 2. The molecule has 0 saturated heterocycles. The van der Waals surface area contributed by atoms with Gasteiger partial charge >= 0.3 is 6.09 Å².